The monoisotopic (exact) mass is 494 g/mol. The standard InChI is InChI=1S/C27H34N4O5/c1-3-34-27(33)31-10-8-19(9-11-31)26-35-18-22-16-20(5-7-24(22)36-26)23-6-4-21(17-28-23)25(32)30-14-12-29(2)13-15-30/h4-7,16-17,19,26H,3,8-15,18H2,1-2H3. The first kappa shape index (κ1) is 24.5. The molecule has 0 spiro atoms. The third kappa shape index (κ3) is 5.32. The third-order valence-electron chi connectivity index (χ3n) is 7.25. The van der Waals surface area contributed by atoms with Crippen molar-refractivity contribution in [1.29, 1.82) is 0 Å². The molecule has 9 nitrogen and oxygen atoms in total. The average Bonchev–Trinajstić information content (AvgIpc) is 2.93. The first-order chi connectivity index (χ1) is 17.5. The van der Waals surface area contributed by atoms with E-state index in [2.05, 4.69) is 16.9 Å². The number of carbonyl (C=O) groups is 2. The normalized spacial score (nSPS) is 21.0. The molecule has 2 amide bonds. The van der Waals surface area contributed by atoms with Gasteiger partial charge in [0.25, 0.3) is 5.91 Å². The Morgan fingerprint density at radius 3 is 2.50 bits per heavy atom. The minimum Gasteiger partial charge on any atom is -0.464 e. The number of ether oxygens (including phenoxy) is 3. The van der Waals surface area contributed by atoms with Crippen molar-refractivity contribution in [2.24, 2.45) is 5.92 Å². The van der Waals surface area contributed by atoms with Crippen LogP contribution in [-0.4, -0.2) is 90.9 Å². The van der Waals surface area contributed by atoms with Crippen LogP contribution in [0.15, 0.2) is 36.5 Å². The Morgan fingerprint density at radius 1 is 1.03 bits per heavy atom. The number of hydrogen-bond donors (Lipinski definition) is 0. The zero-order valence-corrected chi connectivity index (χ0v) is 21.0. The van der Waals surface area contributed by atoms with E-state index in [1.807, 2.05) is 42.2 Å². The van der Waals surface area contributed by atoms with E-state index in [9.17, 15) is 9.59 Å². The van der Waals surface area contributed by atoms with Crippen LogP contribution in [0.1, 0.15) is 35.7 Å². The molecule has 0 radical (unpaired) electrons. The summed E-state index contributed by atoms with van der Waals surface area (Å²) in [6.07, 6.45) is 2.75. The molecule has 1 aromatic carbocycles. The fraction of sp³-hybridized carbons (Fsp3) is 0.519. The number of amides is 2. The maximum atomic E-state index is 12.8. The molecule has 36 heavy (non-hydrogen) atoms. The quantitative estimate of drug-likeness (QED) is 0.645. The van der Waals surface area contributed by atoms with Gasteiger partial charge in [-0.3, -0.25) is 9.78 Å². The Morgan fingerprint density at radius 2 is 1.81 bits per heavy atom. The number of likely N-dealkylation sites (tertiary alicyclic amines) is 1. The first-order valence-corrected chi connectivity index (χ1v) is 12.8. The molecule has 192 valence electrons. The van der Waals surface area contributed by atoms with E-state index < -0.39 is 0 Å². The third-order valence-corrected chi connectivity index (χ3v) is 7.25. The molecule has 0 aliphatic carbocycles. The number of piperazine rings is 1. The van der Waals surface area contributed by atoms with Crippen molar-refractivity contribution in [3.05, 3.63) is 47.7 Å². The van der Waals surface area contributed by atoms with Crippen molar-refractivity contribution < 1.29 is 23.8 Å². The number of rotatable bonds is 4. The second kappa shape index (κ2) is 10.8. The second-order valence-electron chi connectivity index (χ2n) is 9.67. The fourth-order valence-electron chi connectivity index (χ4n) is 4.98. The lowest BCUT2D eigenvalue weighted by molar-refractivity contribution is -0.148. The van der Waals surface area contributed by atoms with Crippen LogP contribution >= 0.6 is 0 Å². The van der Waals surface area contributed by atoms with Crippen molar-refractivity contribution in [2.45, 2.75) is 32.7 Å². The Bertz CT molecular complexity index is 1080. The van der Waals surface area contributed by atoms with Gasteiger partial charge >= 0.3 is 6.09 Å². The van der Waals surface area contributed by atoms with E-state index in [0.29, 0.717) is 31.9 Å². The maximum absolute atomic E-state index is 12.8. The molecular weight excluding hydrogens is 460 g/mol. The number of aromatic nitrogens is 1. The van der Waals surface area contributed by atoms with Crippen molar-refractivity contribution >= 4 is 12.0 Å². The molecule has 2 fully saturated rings. The minimum atomic E-state index is -0.314. The van der Waals surface area contributed by atoms with Crippen LogP contribution in [-0.2, 0) is 16.1 Å². The summed E-state index contributed by atoms with van der Waals surface area (Å²) in [7, 11) is 2.07. The molecule has 2 aromatic rings. The van der Waals surface area contributed by atoms with Gasteiger partial charge in [-0.1, -0.05) is 0 Å². The number of hydrogen-bond acceptors (Lipinski definition) is 7. The molecular formula is C27H34N4O5. The van der Waals surface area contributed by atoms with E-state index in [0.717, 1.165) is 61.6 Å². The van der Waals surface area contributed by atoms with E-state index in [-0.39, 0.29) is 24.2 Å². The van der Waals surface area contributed by atoms with Gasteiger partial charge in [-0.05, 0) is 57.1 Å². The summed E-state index contributed by atoms with van der Waals surface area (Å²) >= 11 is 0. The lowest BCUT2D eigenvalue weighted by Gasteiger charge is -2.37. The lowest BCUT2D eigenvalue weighted by atomic mass is 9.95. The fourth-order valence-corrected chi connectivity index (χ4v) is 4.98. The number of carbonyl (C=O) groups excluding carboxylic acids is 2. The smallest absolute Gasteiger partial charge is 0.409 e. The minimum absolute atomic E-state index is 0.0357. The molecule has 3 aliphatic heterocycles. The van der Waals surface area contributed by atoms with Crippen molar-refractivity contribution in [3.8, 4) is 17.0 Å². The highest BCUT2D eigenvalue weighted by Crippen LogP contribution is 2.34. The van der Waals surface area contributed by atoms with Crippen molar-refractivity contribution in [3.63, 3.8) is 0 Å². The summed E-state index contributed by atoms with van der Waals surface area (Å²) in [5.74, 6) is 1.09. The highest BCUT2D eigenvalue weighted by molar-refractivity contribution is 5.94. The van der Waals surface area contributed by atoms with Gasteiger partial charge in [0, 0.05) is 62.5 Å². The van der Waals surface area contributed by atoms with Gasteiger partial charge in [0.05, 0.1) is 24.5 Å². The van der Waals surface area contributed by atoms with Crippen LogP contribution in [0.5, 0.6) is 5.75 Å². The van der Waals surface area contributed by atoms with Gasteiger partial charge in [0.2, 0.25) is 6.29 Å². The molecule has 1 unspecified atom stereocenters. The summed E-state index contributed by atoms with van der Waals surface area (Å²) in [6, 6.07) is 9.76. The molecule has 3 aliphatic rings. The summed E-state index contributed by atoms with van der Waals surface area (Å²) in [5.41, 5.74) is 3.36. The number of benzene rings is 1. The summed E-state index contributed by atoms with van der Waals surface area (Å²) in [4.78, 5) is 35.2. The molecule has 9 heteroatoms. The molecule has 0 saturated carbocycles. The summed E-state index contributed by atoms with van der Waals surface area (Å²) in [6.45, 7) is 7.25. The van der Waals surface area contributed by atoms with Crippen molar-refractivity contribution in [2.75, 3.05) is 52.9 Å². The molecule has 1 aromatic heterocycles. The number of likely N-dealkylation sites (N-methyl/N-ethyl adjacent to an activating group) is 1. The van der Waals surface area contributed by atoms with E-state index in [1.165, 1.54) is 0 Å². The number of fused-ring (bicyclic) bond motifs is 1. The Hall–Kier alpha value is -3.17. The SMILES string of the molecule is CCOC(=O)N1CCC(C2OCc3cc(-c4ccc(C(=O)N5CCN(C)CC5)cn4)ccc3O2)CC1. The first-order valence-electron chi connectivity index (χ1n) is 12.8. The van der Waals surface area contributed by atoms with Gasteiger partial charge in [-0.25, -0.2) is 4.79 Å². The van der Waals surface area contributed by atoms with Gasteiger partial charge in [-0.2, -0.15) is 0 Å². The molecule has 2 saturated heterocycles. The highest BCUT2D eigenvalue weighted by Gasteiger charge is 2.33. The van der Waals surface area contributed by atoms with Crippen LogP contribution in [0.3, 0.4) is 0 Å². The largest absolute Gasteiger partial charge is 0.464 e. The molecule has 0 N–H and O–H groups in total. The zero-order valence-electron chi connectivity index (χ0n) is 21.0. The van der Waals surface area contributed by atoms with Crippen LogP contribution in [0.4, 0.5) is 4.79 Å². The zero-order chi connectivity index (χ0) is 25.1. The second-order valence-corrected chi connectivity index (χ2v) is 9.67. The number of pyridine rings is 1. The van der Waals surface area contributed by atoms with Crippen LogP contribution in [0.2, 0.25) is 0 Å². The number of nitrogens with zero attached hydrogens (tertiary/aromatic N) is 4. The van der Waals surface area contributed by atoms with Crippen LogP contribution < -0.4 is 4.74 Å². The van der Waals surface area contributed by atoms with Gasteiger partial charge in [0.15, 0.2) is 0 Å². The Labute approximate surface area is 211 Å². The topological polar surface area (TPSA) is 84.4 Å². The highest BCUT2D eigenvalue weighted by atomic mass is 16.7. The summed E-state index contributed by atoms with van der Waals surface area (Å²) in [5, 5.41) is 0. The maximum Gasteiger partial charge on any atom is 0.409 e. The average molecular weight is 495 g/mol. The van der Waals surface area contributed by atoms with Crippen LogP contribution in [0.25, 0.3) is 11.3 Å². The Balaban J connectivity index is 1.19. The number of piperidine rings is 1. The molecule has 0 bridgehead atoms. The lowest BCUT2D eigenvalue weighted by Crippen LogP contribution is -2.47. The van der Waals surface area contributed by atoms with Gasteiger partial charge in [-0.15, -0.1) is 0 Å². The molecule has 1 atom stereocenters. The molecule has 4 heterocycles. The van der Waals surface area contributed by atoms with Gasteiger partial charge < -0.3 is 28.9 Å². The van der Waals surface area contributed by atoms with Crippen molar-refractivity contribution in [1.82, 2.24) is 19.7 Å². The van der Waals surface area contributed by atoms with Gasteiger partial charge in [0.1, 0.15) is 5.75 Å². The predicted molar refractivity (Wildman–Crippen MR) is 134 cm³/mol. The van der Waals surface area contributed by atoms with E-state index in [1.54, 1.807) is 11.1 Å². The van der Waals surface area contributed by atoms with E-state index >= 15 is 0 Å². The predicted octanol–water partition coefficient (Wildman–Crippen LogP) is 3.24. The Kier molecular flexibility index (Phi) is 7.38. The van der Waals surface area contributed by atoms with E-state index in [4.69, 9.17) is 14.2 Å². The summed E-state index contributed by atoms with van der Waals surface area (Å²) < 4.78 is 17.4. The van der Waals surface area contributed by atoms with Crippen LogP contribution in [0, 0.1) is 5.92 Å². The molecule has 5 rings (SSSR count).